The number of benzene rings is 1. The van der Waals surface area contributed by atoms with E-state index in [1.807, 2.05) is 11.8 Å². The van der Waals surface area contributed by atoms with Crippen molar-refractivity contribution in [2.45, 2.75) is 50.0 Å². The van der Waals surface area contributed by atoms with Crippen molar-refractivity contribution in [1.29, 1.82) is 0 Å². The first kappa shape index (κ1) is 23.2. The highest BCUT2D eigenvalue weighted by Crippen LogP contribution is 2.26. The second kappa shape index (κ2) is 10.7. The van der Waals surface area contributed by atoms with Gasteiger partial charge in [-0.2, -0.15) is 4.31 Å². The third kappa shape index (κ3) is 5.60. The van der Waals surface area contributed by atoms with E-state index in [9.17, 15) is 13.2 Å². The Labute approximate surface area is 180 Å². The zero-order valence-corrected chi connectivity index (χ0v) is 18.9. The van der Waals surface area contributed by atoms with Gasteiger partial charge in [0, 0.05) is 45.0 Å². The van der Waals surface area contributed by atoms with E-state index in [0.29, 0.717) is 50.9 Å². The minimum absolute atomic E-state index is 0.0184. The molecule has 8 heteroatoms. The lowest BCUT2D eigenvalue weighted by atomic mass is 9.97. The molecule has 2 heterocycles. The van der Waals surface area contributed by atoms with Gasteiger partial charge in [-0.25, -0.2) is 8.42 Å². The number of nitrogens with zero attached hydrogens (tertiary/aromatic N) is 2. The van der Waals surface area contributed by atoms with E-state index in [0.717, 1.165) is 32.1 Å². The van der Waals surface area contributed by atoms with Gasteiger partial charge in [0.1, 0.15) is 0 Å². The molecule has 0 saturated carbocycles. The first-order chi connectivity index (χ1) is 14.4. The van der Waals surface area contributed by atoms with Gasteiger partial charge in [-0.05, 0) is 62.8 Å². The first-order valence-electron chi connectivity index (χ1n) is 10.9. The van der Waals surface area contributed by atoms with Crippen molar-refractivity contribution in [3.63, 3.8) is 0 Å². The molecule has 2 fully saturated rings. The van der Waals surface area contributed by atoms with Crippen molar-refractivity contribution in [3.05, 3.63) is 29.8 Å². The largest absolute Gasteiger partial charge is 0.382 e. The van der Waals surface area contributed by atoms with Gasteiger partial charge in [-0.15, -0.1) is 0 Å². The van der Waals surface area contributed by atoms with Crippen LogP contribution in [-0.4, -0.2) is 76.1 Å². The van der Waals surface area contributed by atoms with E-state index >= 15 is 0 Å². The minimum Gasteiger partial charge on any atom is -0.382 e. The number of hydrogen-bond donors (Lipinski definition) is 0. The molecule has 1 aromatic rings. The van der Waals surface area contributed by atoms with Crippen LogP contribution in [-0.2, 0) is 19.5 Å². The molecule has 0 aliphatic carbocycles. The second-order valence-corrected chi connectivity index (χ2v) is 10.2. The lowest BCUT2D eigenvalue weighted by Crippen LogP contribution is -2.42. The molecule has 3 rings (SSSR count). The van der Waals surface area contributed by atoms with Crippen LogP contribution in [0.1, 0.15) is 49.4 Å². The summed E-state index contributed by atoms with van der Waals surface area (Å²) >= 11 is 0. The molecule has 0 spiro atoms. The summed E-state index contributed by atoms with van der Waals surface area (Å²) in [6, 6.07) is 6.44. The third-order valence-electron chi connectivity index (χ3n) is 6.14. The van der Waals surface area contributed by atoms with Crippen LogP contribution in [0.15, 0.2) is 29.2 Å². The fourth-order valence-corrected chi connectivity index (χ4v) is 5.91. The first-order valence-corrected chi connectivity index (χ1v) is 12.4. The number of methoxy groups -OCH3 is 1. The fourth-order valence-electron chi connectivity index (χ4n) is 4.21. The van der Waals surface area contributed by atoms with Crippen molar-refractivity contribution in [2.24, 2.45) is 5.92 Å². The third-order valence-corrected chi connectivity index (χ3v) is 8.16. The highest BCUT2D eigenvalue weighted by molar-refractivity contribution is 7.89. The minimum atomic E-state index is -3.51. The van der Waals surface area contributed by atoms with E-state index in [2.05, 4.69) is 0 Å². The molecule has 2 aliphatic rings. The van der Waals surface area contributed by atoms with Crippen LogP contribution in [0.4, 0.5) is 0 Å². The molecule has 1 unspecified atom stereocenters. The lowest BCUT2D eigenvalue weighted by molar-refractivity contribution is 0.0327. The van der Waals surface area contributed by atoms with Crippen LogP contribution >= 0.6 is 0 Å². The molecule has 7 nitrogen and oxygen atoms in total. The van der Waals surface area contributed by atoms with Gasteiger partial charge < -0.3 is 14.4 Å². The summed E-state index contributed by atoms with van der Waals surface area (Å²) in [4.78, 5) is 15.0. The summed E-state index contributed by atoms with van der Waals surface area (Å²) in [5.74, 6) is 0.425. The van der Waals surface area contributed by atoms with E-state index in [1.165, 1.54) is 0 Å². The molecule has 30 heavy (non-hydrogen) atoms. The van der Waals surface area contributed by atoms with Crippen LogP contribution in [0.5, 0.6) is 0 Å². The van der Waals surface area contributed by atoms with Gasteiger partial charge in [0.25, 0.3) is 5.91 Å². The number of amides is 1. The molecule has 1 amide bonds. The number of likely N-dealkylation sites (tertiary alicyclic amines) is 1. The SMILES string of the molecule is COCCOCC1CCN(C(=O)c2ccc(S(=O)(=O)N3CCCCC3C)cc2)CC1. The number of ether oxygens (including phenoxy) is 2. The van der Waals surface area contributed by atoms with Crippen LogP contribution in [0.25, 0.3) is 0 Å². The maximum atomic E-state index is 13.0. The summed E-state index contributed by atoms with van der Waals surface area (Å²) in [7, 11) is -1.86. The number of sulfonamides is 1. The Morgan fingerprint density at radius 3 is 2.37 bits per heavy atom. The van der Waals surface area contributed by atoms with Gasteiger partial charge in [-0.1, -0.05) is 6.42 Å². The van der Waals surface area contributed by atoms with Crippen molar-refractivity contribution < 1.29 is 22.7 Å². The Hall–Kier alpha value is -1.48. The lowest BCUT2D eigenvalue weighted by Gasteiger charge is -2.32. The Morgan fingerprint density at radius 1 is 1.03 bits per heavy atom. The molecular weight excluding hydrogens is 404 g/mol. The molecule has 0 bridgehead atoms. The number of carbonyl (C=O) groups is 1. The van der Waals surface area contributed by atoms with Gasteiger partial charge in [0.05, 0.1) is 18.1 Å². The number of hydrogen-bond acceptors (Lipinski definition) is 5. The predicted octanol–water partition coefficient (Wildman–Crippen LogP) is 2.76. The molecule has 2 saturated heterocycles. The zero-order chi connectivity index (χ0) is 21.6. The van der Waals surface area contributed by atoms with E-state index in [4.69, 9.17) is 9.47 Å². The van der Waals surface area contributed by atoms with Gasteiger partial charge >= 0.3 is 0 Å². The van der Waals surface area contributed by atoms with E-state index in [1.54, 1.807) is 35.7 Å². The maximum absolute atomic E-state index is 13.0. The van der Waals surface area contributed by atoms with Crippen LogP contribution in [0.2, 0.25) is 0 Å². The smallest absolute Gasteiger partial charge is 0.253 e. The van der Waals surface area contributed by atoms with E-state index < -0.39 is 10.0 Å². The standard InChI is InChI=1S/C22H34N2O5S/c1-18-5-3-4-12-24(18)30(26,27)21-8-6-20(7-9-21)22(25)23-13-10-19(11-14-23)17-29-16-15-28-2/h6-9,18-19H,3-5,10-17H2,1-2H3. The van der Waals surface area contributed by atoms with Gasteiger partial charge in [0.15, 0.2) is 0 Å². The maximum Gasteiger partial charge on any atom is 0.253 e. The fraction of sp³-hybridized carbons (Fsp3) is 0.682. The zero-order valence-electron chi connectivity index (χ0n) is 18.1. The molecule has 168 valence electrons. The average molecular weight is 439 g/mol. The average Bonchev–Trinajstić information content (AvgIpc) is 2.77. The van der Waals surface area contributed by atoms with Crippen LogP contribution in [0, 0.1) is 5.92 Å². The summed E-state index contributed by atoms with van der Waals surface area (Å²) in [5, 5.41) is 0. The summed E-state index contributed by atoms with van der Waals surface area (Å²) in [6.45, 7) is 5.81. The highest BCUT2D eigenvalue weighted by atomic mass is 32.2. The number of carbonyl (C=O) groups excluding carboxylic acids is 1. The second-order valence-electron chi connectivity index (χ2n) is 8.29. The normalized spacial score (nSPS) is 21.7. The van der Waals surface area contributed by atoms with Gasteiger partial charge in [-0.3, -0.25) is 4.79 Å². The summed E-state index contributed by atoms with van der Waals surface area (Å²) in [6.07, 6.45) is 4.68. The number of rotatable bonds is 8. The van der Waals surface area contributed by atoms with Crippen molar-refractivity contribution in [3.8, 4) is 0 Å². The Bertz CT molecular complexity index is 788. The van der Waals surface area contributed by atoms with E-state index in [-0.39, 0.29) is 16.8 Å². The van der Waals surface area contributed by atoms with Crippen LogP contribution in [0.3, 0.4) is 0 Å². The van der Waals surface area contributed by atoms with Crippen molar-refractivity contribution in [2.75, 3.05) is 46.6 Å². The van der Waals surface area contributed by atoms with Crippen molar-refractivity contribution in [1.82, 2.24) is 9.21 Å². The molecule has 0 N–H and O–H groups in total. The quantitative estimate of drug-likeness (QED) is 0.584. The molecule has 2 aliphatic heterocycles. The molecule has 1 aromatic carbocycles. The monoisotopic (exact) mass is 438 g/mol. The van der Waals surface area contributed by atoms with Crippen LogP contribution < -0.4 is 0 Å². The molecule has 1 atom stereocenters. The molecule has 0 radical (unpaired) electrons. The molecular formula is C22H34N2O5S. The number of piperidine rings is 2. The highest BCUT2D eigenvalue weighted by Gasteiger charge is 2.31. The molecule has 0 aromatic heterocycles. The Balaban J connectivity index is 1.55. The summed E-state index contributed by atoms with van der Waals surface area (Å²) < 4.78 is 38.1. The Morgan fingerprint density at radius 2 is 1.73 bits per heavy atom. The summed E-state index contributed by atoms with van der Waals surface area (Å²) in [5.41, 5.74) is 0.537. The predicted molar refractivity (Wildman–Crippen MR) is 115 cm³/mol. The van der Waals surface area contributed by atoms with Gasteiger partial charge in [0.2, 0.25) is 10.0 Å². The Kier molecular flexibility index (Phi) is 8.27. The van der Waals surface area contributed by atoms with Crippen molar-refractivity contribution >= 4 is 15.9 Å². The topological polar surface area (TPSA) is 76.1 Å².